The first kappa shape index (κ1) is 30.6. The van der Waals surface area contributed by atoms with Crippen molar-refractivity contribution < 1.29 is 23.5 Å². The summed E-state index contributed by atoms with van der Waals surface area (Å²) in [4.78, 5) is 49.6. The van der Waals surface area contributed by atoms with E-state index in [1.54, 1.807) is 12.1 Å². The number of nitrogens with zero attached hydrogens (tertiary/aromatic N) is 6. The van der Waals surface area contributed by atoms with E-state index in [0.29, 0.717) is 46.9 Å². The number of aromatic nitrogens is 4. The van der Waals surface area contributed by atoms with Gasteiger partial charge in [-0.15, -0.1) is 0 Å². The second-order valence-corrected chi connectivity index (χ2v) is 12.7. The number of nitrogen functional groups attached to an aromatic ring is 1. The number of likely N-dealkylation sites (tertiary alicyclic amines) is 1. The Hall–Kier alpha value is -5.69. The van der Waals surface area contributed by atoms with Gasteiger partial charge in [-0.1, -0.05) is 24.3 Å². The maximum atomic E-state index is 16.0. The first-order valence-corrected chi connectivity index (χ1v) is 16.3. The maximum absolute atomic E-state index is 16.0. The molecule has 8 rings (SSSR count). The molecule has 3 N–H and O–H groups in total. The largest absolute Gasteiger partial charge is 0.457 e. The van der Waals surface area contributed by atoms with E-state index in [2.05, 4.69) is 20.2 Å². The molecule has 0 saturated carbocycles. The van der Waals surface area contributed by atoms with Gasteiger partial charge in [-0.25, -0.2) is 19.0 Å². The summed E-state index contributed by atoms with van der Waals surface area (Å²) >= 11 is 0. The van der Waals surface area contributed by atoms with E-state index in [4.69, 9.17) is 15.6 Å². The molecular weight excluding hydrogens is 627 g/mol. The van der Waals surface area contributed by atoms with Gasteiger partial charge in [-0.2, -0.15) is 5.10 Å². The van der Waals surface area contributed by atoms with Gasteiger partial charge in [-0.3, -0.25) is 24.6 Å². The number of anilines is 1. The van der Waals surface area contributed by atoms with Crippen molar-refractivity contribution in [3.8, 4) is 22.8 Å². The zero-order valence-corrected chi connectivity index (χ0v) is 26.5. The van der Waals surface area contributed by atoms with Crippen LogP contribution in [0.3, 0.4) is 0 Å². The Morgan fingerprint density at radius 1 is 0.959 bits per heavy atom. The van der Waals surface area contributed by atoms with Crippen LogP contribution in [-0.4, -0.2) is 66.4 Å². The van der Waals surface area contributed by atoms with Gasteiger partial charge in [0.1, 0.15) is 41.2 Å². The average Bonchev–Trinajstić information content (AvgIpc) is 3.66. The monoisotopic (exact) mass is 660 g/mol. The fourth-order valence-corrected chi connectivity index (χ4v) is 7.15. The third-order valence-electron chi connectivity index (χ3n) is 9.57. The molecule has 5 heterocycles. The van der Waals surface area contributed by atoms with Gasteiger partial charge in [0, 0.05) is 41.8 Å². The molecule has 2 unspecified atom stereocenters. The van der Waals surface area contributed by atoms with Crippen LogP contribution < -0.4 is 15.8 Å². The minimum absolute atomic E-state index is 0.00865. The summed E-state index contributed by atoms with van der Waals surface area (Å²) in [6, 6.07) is 19.7. The predicted octanol–water partition coefficient (Wildman–Crippen LogP) is 4.61. The number of nitrogens with two attached hydrogens (primary N) is 1. The SMILES string of the molecule is Nc1ncnc2c1c(-c1ccc(Oc3ccccc3)cc1)nn2C1CCCN(Cc2ccc3c(c2F)CN(C2CCC(=O)NC2=O)C3=O)C1. The number of fused-ring (bicyclic) bond motifs is 2. The van der Waals surface area contributed by atoms with E-state index in [1.807, 2.05) is 59.3 Å². The minimum atomic E-state index is -0.796. The van der Waals surface area contributed by atoms with Crippen LogP contribution in [0.5, 0.6) is 11.5 Å². The number of hydrogen-bond acceptors (Lipinski definition) is 9. The standard InChI is InChI=1S/C36H33FN8O4/c37-31-22(10-13-26-27(31)19-44(36(26)48)28-14-15-29(46)41-35(28)47)17-43-16-4-5-23(18-43)45-34-30(33(38)39-20-40-34)32(42-45)21-8-11-25(12-9-21)49-24-6-2-1-3-7-24/h1-3,6-13,20,23,28H,4-5,14-19H2,(H2,38,39,40)(H,41,46,47). The molecule has 248 valence electrons. The van der Waals surface area contributed by atoms with E-state index in [0.717, 1.165) is 30.7 Å². The van der Waals surface area contributed by atoms with Crippen LogP contribution in [0.1, 0.15) is 53.2 Å². The number of para-hydroxylation sites is 1. The molecule has 12 nitrogen and oxygen atoms in total. The number of amides is 3. The van der Waals surface area contributed by atoms with Crippen LogP contribution in [0.2, 0.25) is 0 Å². The number of carbonyl (C=O) groups is 3. The van der Waals surface area contributed by atoms with Gasteiger partial charge in [0.2, 0.25) is 11.8 Å². The fraction of sp³-hybridized carbons (Fsp3) is 0.278. The van der Waals surface area contributed by atoms with Crippen molar-refractivity contribution in [1.82, 2.24) is 34.9 Å². The predicted molar refractivity (Wildman–Crippen MR) is 178 cm³/mol. The number of piperidine rings is 2. The van der Waals surface area contributed by atoms with Crippen molar-refractivity contribution in [2.45, 2.75) is 50.9 Å². The molecule has 2 fully saturated rings. The van der Waals surface area contributed by atoms with Crippen molar-refractivity contribution >= 4 is 34.6 Å². The van der Waals surface area contributed by atoms with Crippen molar-refractivity contribution in [3.63, 3.8) is 0 Å². The first-order chi connectivity index (χ1) is 23.8. The molecule has 49 heavy (non-hydrogen) atoms. The molecule has 13 heteroatoms. The molecular formula is C36H33FN8O4. The van der Waals surface area contributed by atoms with Crippen LogP contribution >= 0.6 is 0 Å². The molecule has 0 radical (unpaired) electrons. The first-order valence-electron chi connectivity index (χ1n) is 16.3. The lowest BCUT2D eigenvalue weighted by molar-refractivity contribution is -0.136. The van der Waals surface area contributed by atoms with Gasteiger partial charge >= 0.3 is 0 Å². The summed E-state index contributed by atoms with van der Waals surface area (Å²) in [6.45, 7) is 1.70. The number of halogens is 1. The third-order valence-corrected chi connectivity index (χ3v) is 9.57. The van der Waals surface area contributed by atoms with Crippen LogP contribution in [-0.2, 0) is 22.7 Å². The Kier molecular flexibility index (Phi) is 7.75. The van der Waals surface area contributed by atoms with Crippen LogP contribution in [0.25, 0.3) is 22.3 Å². The Morgan fingerprint density at radius 2 is 1.76 bits per heavy atom. The smallest absolute Gasteiger partial charge is 0.255 e. The Labute approximate surface area is 280 Å². The topological polar surface area (TPSA) is 149 Å². The van der Waals surface area contributed by atoms with Gasteiger partial charge < -0.3 is 15.4 Å². The number of carbonyl (C=O) groups excluding carboxylic acids is 3. The van der Waals surface area contributed by atoms with Crippen LogP contribution in [0.4, 0.5) is 10.2 Å². The number of imide groups is 1. The van der Waals surface area contributed by atoms with Gasteiger partial charge in [-0.05, 0) is 68.3 Å². The quantitative estimate of drug-likeness (QED) is 0.239. The van der Waals surface area contributed by atoms with Crippen LogP contribution in [0, 0.1) is 5.82 Å². The van der Waals surface area contributed by atoms with Gasteiger partial charge in [0.25, 0.3) is 5.91 Å². The van der Waals surface area contributed by atoms with Crippen molar-refractivity contribution in [2.24, 2.45) is 0 Å². The number of nitrogens with one attached hydrogen (secondary N) is 1. The van der Waals surface area contributed by atoms with E-state index >= 15 is 4.39 Å². The lowest BCUT2D eigenvalue weighted by Gasteiger charge is -2.33. The summed E-state index contributed by atoms with van der Waals surface area (Å²) in [5.41, 5.74) is 9.57. The highest BCUT2D eigenvalue weighted by atomic mass is 19.1. The highest BCUT2D eigenvalue weighted by Crippen LogP contribution is 2.36. The molecule has 2 aromatic heterocycles. The Bertz CT molecular complexity index is 2100. The summed E-state index contributed by atoms with van der Waals surface area (Å²) in [5.74, 6) is 0.0584. The molecule has 3 aliphatic heterocycles. The Balaban J connectivity index is 1.02. The van der Waals surface area contributed by atoms with Gasteiger partial charge in [0.15, 0.2) is 5.65 Å². The number of rotatable bonds is 7. The minimum Gasteiger partial charge on any atom is -0.457 e. The van der Waals surface area contributed by atoms with Crippen molar-refractivity contribution in [1.29, 1.82) is 0 Å². The lowest BCUT2D eigenvalue weighted by Crippen LogP contribution is -2.52. The van der Waals surface area contributed by atoms with Gasteiger partial charge in [0.05, 0.1) is 18.0 Å². The average molecular weight is 661 g/mol. The normalized spacial score (nSPS) is 19.7. The lowest BCUT2D eigenvalue weighted by atomic mass is 10.0. The van der Waals surface area contributed by atoms with Crippen molar-refractivity contribution in [2.75, 3.05) is 18.8 Å². The summed E-state index contributed by atoms with van der Waals surface area (Å²) in [7, 11) is 0. The molecule has 0 aliphatic carbocycles. The summed E-state index contributed by atoms with van der Waals surface area (Å²) < 4.78 is 23.9. The molecule has 3 aliphatic rings. The highest BCUT2D eigenvalue weighted by molar-refractivity contribution is 6.05. The molecule has 2 saturated heterocycles. The summed E-state index contributed by atoms with van der Waals surface area (Å²) in [5, 5.41) is 7.99. The molecule has 0 spiro atoms. The Morgan fingerprint density at radius 3 is 2.55 bits per heavy atom. The third kappa shape index (κ3) is 5.65. The molecule has 0 bridgehead atoms. The van der Waals surface area contributed by atoms with Crippen LogP contribution in [0.15, 0.2) is 73.1 Å². The summed E-state index contributed by atoms with van der Waals surface area (Å²) in [6.07, 6.45) is 3.52. The molecule has 3 aromatic carbocycles. The zero-order chi connectivity index (χ0) is 33.6. The second kappa shape index (κ2) is 12.4. The zero-order valence-electron chi connectivity index (χ0n) is 26.5. The number of benzene rings is 3. The van der Waals surface area contributed by atoms with Crippen molar-refractivity contribution in [3.05, 3.63) is 95.6 Å². The molecule has 2 atom stereocenters. The number of hydrogen-bond donors (Lipinski definition) is 2. The maximum Gasteiger partial charge on any atom is 0.255 e. The number of ether oxygens (including phenoxy) is 1. The van der Waals surface area contributed by atoms with E-state index < -0.39 is 23.7 Å². The molecule has 3 amide bonds. The molecule has 5 aromatic rings. The highest BCUT2D eigenvalue weighted by Gasteiger charge is 2.40. The fourth-order valence-electron chi connectivity index (χ4n) is 7.15. The van der Waals surface area contributed by atoms with E-state index in [1.165, 1.54) is 11.2 Å². The second-order valence-electron chi connectivity index (χ2n) is 12.7. The van der Waals surface area contributed by atoms with E-state index in [-0.39, 0.29) is 42.5 Å². The van der Waals surface area contributed by atoms with E-state index in [9.17, 15) is 14.4 Å².